The lowest BCUT2D eigenvalue weighted by atomic mass is 10.1. The van der Waals surface area contributed by atoms with Gasteiger partial charge in [-0.15, -0.1) is 0 Å². The number of carbonyl (C=O) groups is 1. The second-order valence-corrected chi connectivity index (χ2v) is 5.53. The molecule has 0 saturated carbocycles. The Morgan fingerprint density at radius 2 is 1.81 bits per heavy atom. The molecule has 2 aromatic carbocycles. The first-order valence-electron chi connectivity index (χ1n) is 7.41. The fourth-order valence-electron chi connectivity index (χ4n) is 2.70. The summed E-state index contributed by atoms with van der Waals surface area (Å²) in [4.78, 5) is 14.5. The van der Waals surface area contributed by atoms with Gasteiger partial charge in [0.1, 0.15) is 6.04 Å². The molecule has 1 heterocycles. The molecule has 108 valence electrons. The van der Waals surface area contributed by atoms with E-state index in [2.05, 4.69) is 36.5 Å². The highest BCUT2D eigenvalue weighted by Gasteiger charge is 2.30. The summed E-state index contributed by atoms with van der Waals surface area (Å²) in [7, 11) is 0. The fourth-order valence-corrected chi connectivity index (χ4v) is 2.70. The average molecular weight is 280 g/mol. The minimum atomic E-state index is -0.134. The summed E-state index contributed by atoms with van der Waals surface area (Å²) >= 11 is 0. The minimum Gasteiger partial charge on any atom is -0.372 e. The molecule has 3 nitrogen and oxygen atoms in total. The van der Waals surface area contributed by atoms with Gasteiger partial charge in [0.2, 0.25) is 5.91 Å². The van der Waals surface area contributed by atoms with Crippen LogP contribution in [0.4, 0.5) is 11.4 Å². The molecule has 2 aromatic rings. The van der Waals surface area contributed by atoms with E-state index in [4.69, 9.17) is 0 Å². The predicted molar refractivity (Wildman–Crippen MR) is 86.5 cm³/mol. The van der Waals surface area contributed by atoms with Gasteiger partial charge in [0.15, 0.2) is 0 Å². The van der Waals surface area contributed by atoms with E-state index in [0.717, 1.165) is 23.4 Å². The van der Waals surface area contributed by atoms with Crippen molar-refractivity contribution in [1.29, 1.82) is 0 Å². The van der Waals surface area contributed by atoms with Gasteiger partial charge in [0, 0.05) is 0 Å². The van der Waals surface area contributed by atoms with Crippen LogP contribution in [-0.2, 0) is 11.3 Å². The number of para-hydroxylation sites is 2. The molecule has 1 amide bonds. The van der Waals surface area contributed by atoms with Crippen LogP contribution in [0.25, 0.3) is 0 Å². The van der Waals surface area contributed by atoms with Gasteiger partial charge in [0.05, 0.1) is 17.9 Å². The van der Waals surface area contributed by atoms with Crippen molar-refractivity contribution in [2.45, 2.75) is 32.9 Å². The fraction of sp³-hybridized carbons (Fsp3) is 0.278. The van der Waals surface area contributed by atoms with Crippen LogP contribution in [-0.4, -0.2) is 11.9 Å². The topological polar surface area (TPSA) is 32.3 Å². The number of hydrogen-bond donors (Lipinski definition) is 1. The van der Waals surface area contributed by atoms with Crippen molar-refractivity contribution >= 4 is 17.3 Å². The molecule has 21 heavy (non-hydrogen) atoms. The summed E-state index contributed by atoms with van der Waals surface area (Å²) in [5.74, 6) is 0.150. The van der Waals surface area contributed by atoms with Crippen LogP contribution in [0.5, 0.6) is 0 Å². The number of nitrogens with one attached hydrogen (secondary N) is 1. The molecule has 0 spiro atoms. The van der Waals surface area contributed by atoms with E-state index >= 15 is 0 Å². The number of benzene rings is 2. The van der Waals surface area contributed by atoms with Crippen molar-refractivity contribution in [2.24, 2.45) is 0 Å². The maximum absolute atomic E-state index is 12.7. The molecular formula is C18H20N2O. The molecule has 1 aliphatic rings. The summed E-state index contributed by atoms with van der Waals surface area (Å²) in [5, 5.41) is 3.33. The van der Waals surface area contributed by atoms with E-state index in [1.165, 1.54) is 5.56 Å². The third-order valence-corrected chi connectivity index (χ3v) is 3.96. The number of aryl methyl sites for hydroxylation is 1. The standard InChI is InChI=1S/C18H20N2O/c1-3-15-18(21)20(12-14-10-8-13(2)9-11-14)17-7-5-4-6-16(17)19-15/h4-11,15,19H,3,12H2,1-2H3. The summed E-state index contributed by atoms with van der Waals surface area (Å²) in [6.07, 6.45) is 0.789. The summed E-state index contributed by atoms with van der Waals surface area (Å²) in [6, 6.07) is 16.2. The lowest BCUT2D eigenvalue weighted by Gasteiger charge is -2.35. The zero-order valence-electron chi connectivity index (χ0n) is 12.5. The largest absolute Gasteiger partial charge is 0.372 e. The first kappa shape index (κ1) is 13.7. The monoisotopic (exact) mass is 280 g/mol. The van der Waals surface area contributed by atoms with Crippen LogP contribution in [0, 0.1) is 6.92 Å². The van der Waals surface area contributed by atoms with Crippen molar-refractivity contribution < 1.29 is 4.79 Å². The first-order chi connectivity index (χ1) is 10.2. The molecule has 3 heteroatoms. The Balaban J connectivity index is 1.95. The van der Waals surface area contributed by atoms with Crippen molar-refractivity contribution in [3.63, 3.8) is 0 Å². The molecule has 3 rings (SSSR count). The van der Waals surface area contributed by atoms with E-state index in [-0.39, 0.29) is 11.9 Å². The van der Waals surface area contributed by atoms with Gasteiger partial charge in [-0.05, 0) is 31.0 Å². The Kier molecular flexibility index (Phi) is 3.65. The minimum absolute atomic E-state index is 0.134. The number of rotatable bonds is 3. The molecular weight excluding hydrogens is 260 g/mol. The van der Waals surface area contributed by atoms with Crippen molar-refractivity contribution in [3.8, 4) is 0 Å². The molecule has 0 radical (unpaired) electrons. The highest BCUT2D eigenvalue weighted by Crippen LogP contribution is 2.33. The Labute approximate surface area is 125 Å². The maximum atomic E-state index is 12.7. The Morgan fingerprint density at radius 3 is 2.52 bits per heavy atom. The van der Waals surface area contributed by atoms with Crippen LogP contribution >= 0.6 is 0 Å². The molecule has 0 fully saturated rings. The van der Waals surface area contributed by atoms with E-state index in [1.807, 2.05) is 36.1 Å². The highest BCUT2D eigenvalue weighted by atomic mass is 16.2. The van der Waals surface area contributed by atoms with Gasteiger partial charge < -0.3 is 10.2 Å². The van der Waals surface area contributed by atoms with E-state index < -0.39 is 0 Å². The average Bonchev–Trinajstić information content (AvgIpc) is 2.51. The zero-order valence-corrected chi connectivity index (χ0v) is 12.5. The Hall–Kier alpha value is -2.29. The van der Waals surface area contributed by atoms with Gasteiger partial charge in [-0.2, -0.15) is 0 Å². The Bertz CT molecular complexity index is 649. The first-order valence-corrected chi connectivity index (χ1v) is 7.41. The molecule has 1 unspecified atom stereocenters. The lowest BCUT2D eigenvalue weighted by Crippen LogP contribution is -2.46. The third-order valence-electron chi connectivity index (χ3n) is 3.96. The lowest BCUT2D eigenvalue weighted by molar-refractivity contribution is -0.119. The molecule has 1 atom stereocenters. The zero-order chi connectivity index (χ0) is 14.8. The van der Waals surface area contributed by atoms with Crippen LogP contribution in [0.2, 0.25) is 0 Å². The van der Waals surface area contributed by atoms with E-state index in [1.54, 1.807) is 0 Å². The number of anilines is 2. The molecule has 0 saturated heterocycles. The Morgan fingerprint density at radius 1 is 1.10 bits per heavy atom. The number of carbonyl (C=O) groups excluding carboxylic acids is 1. The summed E-state index contributed by atoms with van der Waals surface area (Å²) in [5.41, 5.74) is 4.39. The number of amides is 1. The van der Waals surface area contributed by atoms with Gasteiger partial charge in [-0.1, -0.05) is 48.9 Å². The number of fused-ring (bicyclic) bond motifs is 1. The third kappa shape index (κ3) is 2.64. The highest BCUT2D eigenvalue weighted by molar-refractivity contribution is 6.04. The molecule has 0 bridgehead atoms. The van der Waals surface area contributed by atoms with E-state index in [0.29, 0.717) is 6.54 Å². The second kappa shape index (κ2) is 5.60. The quantitative estimate of drug-likeness (QED) is 0.929. The van der Waals surface area contributed by atoms with Gasteiger partial charge >= 0.3 is 0 Å². The van der Waals surface area contributed by atoms with E-state index in [9.17, 15) is 4.79 Å². The maximum Gasteiger partial charge on any atom is 0.249 e. The van der Waals surface area contributed by atoms with Crippen molar-refractivity contribution in [1.82, 2.24) is 0 Å². The number of nitrogens with zero attached hydrogens (tertiary/aromatic N) is 1. The predicted octanol–water partition coefficient (Wildman–Crippen LogP) is 3.73. The molecule has 0 aromatic heterocycles. The van der Waals surface area contributed by atoms with Gasteiger partial charge in [-0.25, -0.2) is 0 Å². The van der Waals surface area contributed by atoms with Gasteiger partial charge in [0.25, 0.3) is 0 Å². The van der Waals surface area contributed by atoms with Crippen LogP contribution in [0.1, 0.15) is 24.5 Å². The smallest absolute Gasteiger partial charge is 0.249 e. The second-order valence-electron chi connectivity index (χ2n) is 5.53. The summed E-state index contributed by atoms with van der Waals surface area (Å²) in [6.45, 7) is 4.73. The SMILES string of the molecule is CCC1Nc2ccccc2N(Cc2ccc(C)cc2)C1=O. The van der Waals surface area contributed by atoms with Crippen molar-refractivity contribution in [2.75, 3.05) is 10.2 Å². The van der Waals surface area contributed by atoms with Crippen LogP contribution in [0.15, 0.2) is 48.5 Å². The normalized spacial score (nSPS) is 17.3. The van der Waals surface area contributed by atoms with Crippen LogP contribution < -0.4 is 10.2 Å². The van der Waals surface area contributed by atoms with Crippen LogP contribution in [0.3, 0.4) is 0 Å². The summed E-state index contributed by atoms with van der Waals surface area (Å²) < 4.78 is 0. The molecule has 1 N–H and O–H groups in total. The molecule has 1 aliphatic heterocycles. The van der Waals surface area contributed by atoms with Crippen molar-refractivity contribution in [3.05, 3.63) is 59.7 Å². The van der Waals surface area contributed by atoms with Gasteiger partial charge in [-0.3, -0.25) is 4.79 Å². The number of hydrogen-bond acceptors (Lipinski definition) is 2. The molecule has 0 aliphatic carbocycles.